The summed E-state index contributed by atoms with van der Waals surface area (Å²) >= 11 is 0. The van der Waals surface area contributed by atoms with Crippen LogP contribution in [0.5, 0.6) is 11.5 Å². The van der Waals surface area contributed by atoms with Gasteiger partial charge in [-0.25, -0.2) is 4.39 Å². The zero-order valence-electron chi connectivity index (χ0n) is 9.04. The van der Waals surface area contributed by atoms with E-state index in [-0.39, 0.29) is 18.1 Å². The van der Waals surface area contributed by atoms with Crippen LogP contribution in [0.15, 0.2) is 12.1 Å². The van der Waals surface area contributed by atoms with Gasteiger partial charge in [-0.3, -0.25) is 0 Å². The second-order valence-electron chi connectivity index (χ2n) is 4.05. The first-order valence-corrected chi connectivity index (χ1v) is 4.60. The van der Waals surface area contributed by atoms with E-state index in [2.05, 4.69) is 0 Å². The SMILES string of the molecule is COc1cc(C(C)(C)CO)c(F)cc1O. The summed E-state index contributed by atoms with van der Waals surface area (Å²) in [5, 5.41) is 18.5. The number of aliphatic hydroxyl groups is 1. The van der Waals surface area contributed by atoms with Gasteiger partial charge >= 0.3 is 0 Å². The fraction of sp³-hybridized carbons (Fsp3) is 0.455. The van der Waals surface area contributed by atoms with E-state index >= 15 is 0 Å². The summed E-state index contributed by atoms with van der Waals surface area (Å²) in [6.45, 7) is 3.24. The molecule has 1 rings (SSSR count). The molecule has 0 amide bonds. The minimum atomic E-state index is -0.703. The van der Waals surface area contributed by atoms with E-state index in [4.69, 9.17) is 9.84 Å². The van der Waals surface area contributed by atoms with Crippen LogP contribution in [0.1, 0.15) is 19.4 Å². The van der Waals surface area contributed by atoms with Crippen LogP contribution >= 0.6 is 0 Å². The lowest BCUT2D eigenvalue weighted by molar-refractivity contribution is 0.214. The number of rotatable bonds is 3. The van der Waals surface area contributed by atoms with Crippen molar-refractivity contribution in [1.82, 2.24) is 0 Å². The standard InChI is InChI=1S/C11H15FO3/c1-11(2,6-13)7-4-10(15-3)9(14)5-8(7)12/h4-5,13-14H,6H2,1-3H3. The molecule has 0 spiro atoms. The van der Waals surface area contributed by atoms with Crippen molar-refractivity contribution in [1.29, 1.82) is 0 Å². The summed E-state index contributed by atoms with van der Waals surface area (Å²) < 4.78 is 18.4. The van der Waals surface area contributed by atoms with Gasteiger partial charge in [-0.05, 0) is 11.6 Å². The minimum absolute atomic E-state index is 0.183. The molecule has 0 saturated carbocycles. The van der Waals surface area contributed by atoms with Crippen molar-refractivity contribution in [3.05, 3.63) is 23.5 Å². The molecule has 0 bridgehead atoms. The van der Waals surface area contributed by atoms with Gasteiger partial charge in [0.05, 0.1) is 13.7 Å². The lowest BCUT2D eigenvalue weighted by atomic mass is 9.85. The molecular weight excluding hydrogens is 199 g/mol. The molecule has 4 heteroatoms. The number of aromatic hydroxyl groups is 1. The van der Waals surface area contributed by atoms with E-state index in [0.29, 0.717) is 5.56 Å². The van der Waals surface area contributed by atoms with E-state index in [1.54, 1.807) is 13.8 Å². The molecule has 1 aromatic rings. The largest absolute Gasteiger partial charge is 0.504 e. The maximum atomic E-state index is 13.5. The Labute approximate surface area is 88.1 Å². The maximum absolute atomic E-state index is 13.5. The number of methoxy groups -OCH3 is 1. The maximum Gasteiger partial charge on any atom is 0.160 e. The highest BCUT2D eigenvalue weighted by atomic mass is 19.1. The Kier molecular flexibility index (Phi) is 3.19. The highest BCUT2D eigenvalue weighted by molar-refractivity contribution is 5.44. The van der Waals surface area contributed by atoms with Crippen molar-refractivity contribution in [2.24, 2.45) is 0 Å². The summed E-state index contributed by atoms with van der Waals surface area (Å²) in [6.07, 6.45) is 0. The number of hydrogen-bond donors (Lipinski definition) is 2. The Hall–Kier alpha value is -1.29. The molecule has 0 radical (unpaired) electrons. The van der Waals surface area contributed by atoms with Crippen LogP contribution in [0.2, 0.25) is 0 Å². The molecule has 0 atom stereocenters. The quantitative estimate of drug-likeness (QED) is 0.806. The number of halogens is 1. The first-order chi connectivity index (χ1) is 6.92. The third-order valence-corrected chi connectivity index (χ3v) is 2.39. The number of aliphatic hydroxyl groups excluding tert-OH is 1. The molecular formula is C11H15FO3. The fourth-order valence-electron chi connectivity index (χ4n) is 1.31. The predicted octanol–water partition coefficient (Wildman–Crippen LogP) is 1.81. The Balaban J connectivity index is 3.30. The van der Waals surface area contributed by atoms with Gasteiger partial charge in [0.25, 0.3) is 0 Å². The van der Waals surface area contributed by atoms with E-state index in [9.17, 15) is 9.50 Å². The van der Waals surface area contributed by atoms with Gasteiger partial charge in [0.2, 0.25) is 0 Å². The molecule has 15 heavy (non-hydrogen) atoms. The zero-order chi connectivity index (χ0) is 11.6. The molecule has 0 aliphatic rings. The van der Waals surface area contributed by atoms with Crippen molar-refractivity contribution < 1.29 is 19.3 Å². The van der Waals surface area contributed by atoms with Crippen LogP contribution in [0, 0.1) is 5.82 Å². The van der Waals surface area contributed by atoms with Gasteiger partial charge in [-0.15, -0.1) is 0 Å². The van der Waals surface area contributed by atoms with Crippen LogP contribution in [0.25, 0.3) is 0 Å². The Morgan fingerprint density at radius 2 is 2.00 bits per heavy atom. The van der Waals surface area contributed by atoms with Crippen LogP contribution in [-0.4, -0.2) is 23.9 Å². The summed E-state index contributed by atoms with van der Waals surface area (Å²) in [7, 11) is 1.39. The second kappa shape index (κ2) is 4.06. The Morgan fingerprint density at radius 1 is 1.40 bits per heavy atom. The highest BCUT2D eigenvalue weighted by Crippen LogP contribution is 2.34. The predicted molar refractivity (Wildman–Crippen MR) is 54.7 cm³/mol. The molecule has 0 aliphatic carbocycles. The minimum Gasteiger partial charge on any atom is -0.504 e. The zero-order valence-corrected chi connectivity index (χ0v) is 9.04. The number of phenolic OH excluding ortho intramolecular Hbond substituents is 1. The van der Waals surface area contributed by atoms with E-state index in [1.807, 2.05) is 0 Å². The van der Waals surface area contributed by atoms with Gasteiger partial charge in [0.15, 0.2) is 11.5 Å². The number of phenols is 1. The van der Waals surface area contributed by atoms with Gasteiger partial charge in [-0.2, -0.15) is 0 Å². The van der Waals surface area contributed by atoms with Crippen LogP contribution in [0.4, 0.5) is 4.39 Å². The number of hydrogen-bond acceptors (Lipinski definition) is 3. The van der Waals surface area contributed by atoms with Crippen LogP contribution in [-0.2, 0) is 5.41 Å². The molecule has 0 aromatic heterocycles. The summed E-state index contributed by atoms with van der Waals surface area (Å²) in [6, 6.07) is 2.40. The van der Waals surface area contributed by atoms with E-state index in [0.717, 1.165) is 6.07 Å². The molecule has 0 fully saturated rings. The smallest absolute Gasteiger partial charge is 0.160 e. The number of ether oxygens (including phenoxy) is 1. The average molecular weight is 214 g/mol. The molecule has 0 aliphatic heterocycles. The molecule has 1 aromatic carbocycles. The summed E-state index contributed by atoms with van der Waals surface area (Å²) in [4.78, 5) is 0. The molecule has 0 unspecified atom stereocenters. The van der Waals surface area contributed by atoms with Gasteiger partial charge < -0.3 is 14.9 Å². The molecule has 3 nitrogen and oxygen atoms in total. The lowest BCUT2D eigenvalue weighted by Gasteiger charge is -2.23. The third-order valence-electron chi connectivity index (χ3n) is 2.39. The Morgan fingerprint density at radius 3 is 2.47 bits per heavy atom. The van der Waals surface area contributed by atoms with Gasteiger partial charge in [0, 0.05) is 11.5 Å². The van der Waals surface area contributed by atoms with Crippen molar-refractivity contribution in [2.45, 2.75) is 19.3 Å². The third kappa shape index (κ3) is 2.21. The first kappa shape index (κ1) is 11.8. The average Bonchev–Trinajstić information content (AvgIpc) is 2.17. The van der Waals surface area contributed by atoms with Crippen molar-refractivity contribution in [2.75, 3.05) is 13.7 Å². The normalized spacial score (nSPS) is 11.5. The van der Waals surface area contributed by atoms with Gasteiger partial charge in [0.1, 0.15) is 5.82 Å². The first-order valence-electron chi connectivity index (χ1n) is 4.60. The topological polar surface area (TPSA) is 49.7 Å². The lowest BCUT2D eigenvalue weighted by Crippen LogP contribution is -2.23. The van der Waals surface area contributed by atoms with Crippen molar-refractivity contribution in [3.8, 4) is 11.5 Å². The highest BCUT2D eigenvalue weighted by Gasteiger charge is 2.25. The van der Waals surface area contributed by atoms with Crippen molar-refractivity contribution in [3.63, 3.8) is 0 Å². The van der Waals surface area contributed by atoms with Crippen molar-refractivity contribution >= 4 is 0 Å². The Bertz CT molecular complexity index is 361. The fourth-order valence-corrected chi connectivity index (χ4v) is 1.31. The van der Waals surface area contributed by atoms with Crippen LogP contribution < -0.4 is 4.74 Å². The summed E-state index contributed by atoms with van der Waals surface area (Å²) in [5.41, 5.74) is -0.384. The molecule has 0 saturated heterocycles. The number of benzene rings is 1. The van der Waals surface area contributed by atoms with Gasteiger partial charge in [-0.1, -0.05) is 13.8 Å². The summed E-state index contributed by atoms with van der Waals surface area (Å²) in [5.74, 6) is -0.590. The van der Waals surface area contributed by atoms with E-state index in [1.165, 1.54) is 13.2 Å². The van der Waals surface area contributed by atoms with Crippen LogP contribution in [0.3, 0.4) is 0 Å². The second-order valence-corrected chi connectivity index (χ2v) is 4.05. The molecule has 0 heterocycles. The molecule has 2 N–H and O–H groups in total. The monoisotopic (exact) mass is 214 g/mol. The van der Waals surface area contributed by atoms with E-state index < -0.39 is 11.2 Å². The molecule has 84 valence electrons.